The average molecular weight is 468 g/mol. The first-order chi connectivity index (χ1) is 16.5. The van der Waals surface area contributed by atoms with Crippen LogP contribution in [0.25, 0.3) is 0 Å². The number of anilines is 2. The van der Waals surface area contributed by atoms with Gasteiger partial charge in [-0.1, -0.05) is 57.6 Å². The number of nitrogens with zero attached hydrogens (tertiary/aromatic N) is 2. The van der Waals surface area contributed by atoms with Crippen LogP contribution in [-0.4, -0.2) is 42.9 Å². The van der Waals surface area contributed by atoms with Crippen LogP contribution in [0.1, 0.15) is 63.9 Å². The lowest BCUT2D eigenvalue weighted by Gasteiger charge is -2.36. The van der Waals surface area contributed by atoms with Crippen molar-refractivity contribution in [2.45, 2.75) is 64.7 Å². The Labute approximate surface area is 203 Å². The molecule has 2 aromatic rings. The Balaban J connectivity index is 1.36. The van der Waals surface area contributed by atoms with E-state index in [2.05, 4.69) is 17.1 Å². The molecule has 0 aromatic heterocycles. The van der Waals surface area contributed by atoms with Crippen LogP contribution in [0.2, 0.25) is 0 Å². The quantitative estimate of drug-likeness (QED) is 0.402. The fraction of sp³-hybridized carbons (Fsp3) is 0.500. The first-order valence-electron chi connectivity index (χ1n) is 12.7. The Morgan fingerprint density at radius 3 is 2.09 bits per heavy atom. The van der Waals surface area contributed by atoms with Crippen molar-refractivity contribution in [1.29, 1.82) is 0 Å². The molecule has 0 unspecified atom stereocenters. The van der Waals surface area contributed by atoms with E-state index in [4.69, 9.17) is 0 Å². The van der Waals surface area contributed by atoms with Crippen molar-refractivity contribution in [3.05, 3.63) is 59.9 Å². The topological polar surface area (TPSA) is 52.7 Å². The lowest BCUT2D eigenvalue weighted by molar-refractivity contribution is -0.130. The maximum Gasteiger partial charge on any atom is 0.227 e. The highest BCUT2D eigenvalue weighted by Crippen LogP contribution is 2.20. The van der Waals surface area contributed by atoms with Crippen molar-refractivity contribution in [3.63, 3.8) is 0 Å². The van der Waals surface area contributed by atoms with Gasteiger partial charge in [-0.3, -0.25) is 9.59 Å². The molecule has 0 bridgehead atoms. The molecule has 34 heavy (non-hydrogen) atoms. The second-order valence-corrected chi connectivity index (χ2v) is 9.14. The molecule has 184 valence electrons. The molecular weight excluding hydrogens is 429 g/mol. The summed E-state index contributed by atoms with van der Waals surface area (Å²) in [5.41, 5.74) is 2.75. The van der Waals surface area contributed by atoms with Crippen LogP contribution in [0, 0.1) is 5.82 Å². The van der Waals surface area contributed by atoms with E-state index < -0.39 is 0 Å². The zero-order valence-electron chi connectivity index (χ0n) is 20.4. The first-order valence-corrected chi connectivity index (χ1v) is 12.7. The Bertz CT molecular complexity index is 891. The number of hydrogen-bond acceptors (Lipinski definition) is 3. The molecule has 3 rings (SSSR count). The fourth-order valence-electron chi connectivity index (χ4n) is 4.32. The molecule has 1 N–H and O–H groups in total. The van der Waals surface area contributed by atoms with E-state index in [1.54, 1.807) is 12.1 Å². The Kier molecular flexibility index (Phi) is 10.4. The van der Waals surface area contributed by atoms with Gasteiger partial charge in [-0.2, -0.15) is 0 Å². The van der Waals surface area contributed by atoms with Gasteiger partial charge in [-0.15, -0.1) is 0 Å². The maximum atomic E-state index is 13.1. The molecular formula is C28H38FN3O2. The largest absolute Gasteiger partial charge is 0.368 e. The van der Waals surface area contributed by atoms with E-state index in [1.807, 2.05) is 29.2 Å². The molecule has 6 heteroatoms. The molecule has 5 nitrogen and oxygen atoms in total. The SMILES string of the molecule is CCCCCCCCCC(=O)Nc1ccc(N2CCN(C(=O)Cc3ccc(F)cc3)CC2)cc1. The van der Waals surface area contributed by atoms with Crippen molar-refractivity contribution >= 4 is 23.2 Å². The predicted molar refractivity (Wildman–Crippen MR) is 137 cm³/mol. The number of unbranched alkanes of at least 4 members (excludes halogenated alkanes) is 6. The fourth-order valence-corrected chi connectivity index (χ4v) is 4.32. The van der Waals surface area contributed by atoms with Crippen molar-refractivity contribution in [2.24, 2.45) is 0 Å². The summed E-state index contributed by atoms with van der Waals surface area (Å²) in [5.74, 6) is -0.136. The van der Waals surface area contributed by atoms with Gasteiger partial charge in [0.1, 0.15) is 5.82 Å². The van der Waals surface area contributed by atoms with E-state index in [0.717, 1.165) is 42.9 Å². The number of halogens is 1. The Hall–Kier alpha value is -2.89. The number of benzene rings is 2. The van der Waals surface area contributed by atoms with Gasteiger partial charge in [0.15, 0.2) is 0 Å². The Morgan fingerprint density at radius 2 is 1.44 bits per heavy atom. The van der Waals surface area contributed by atoms with Gasteiger partial charge in [0, 0.05) is 44.0 Å². The van der Waals surface area contributed by atoms with E-state index in [9.17, 15) is 14.0 Å². The summed E-state index contributed by atoms with van der Waals surface area (Å²) in [5, 5.41) is 3.00. The second kappa shape index (κ2) is 13.7. The normalized spacial score (nSPS) is 13.7. The summed E-state index contributed by atoms with van der Waals surface area (Å²) in [7, 11) is 0. The molecule has 0 atom stereocenters. The van der Waals surface area contributed by atoms with Crippen LogP contribution < -0.4 is 10.2 Å². The highest BCUT2D eigenvalue weighted by Gasteiger charge is 2.21. The molecule has 0 radical (unpaired) electrons. The summed E-state index contributed by atoms with van der Waals surface area (Å²) in [4.78, 5) is 28.9. The van der Waals surface area contributed by atoms with Gasteiger partial charge in [-0.25, -0.2) is 4.39 Å². The van der Waals surface area contributed by atoms with Crippen molar-refractivity contribution in [2.75, 3.05) is 36.4 Å². The standard InChI is InChI=1S/C28H38FN3O2/c1-2-3-4-5-6-7-8-9-27(33)30-25-14-16-26(17-15-25)31-18-20-32(21-19-31)28(34)22-23-10-12-24(29)13-11-23/h10-17H,2-9,18-22H2,1H3,(H,30,33). The molecule has 1 fully saturated rings. The monoisotopic (exact) mass is 467 g/mol. The van der Waals surface area contributed by atoms with Crippen molar-refractivity contribution in [1.82, 2.24) is 4.90 Å². The second-order valence-electron chi connectivity index (χ2n) is 9.14. The third kappa shape index (κ3) is 8.47. The number of rotatable bonds is 12. The number of hydrogen-bond donors (Lipinski definition) is 1. The minimum atomic E-state index is -0.288. The molecule has 0 spiro atoms. The van der Waals surface area contributed by atoms with Gasteiger partial charge in [0.05, 0.1) is 6.42 Å². The van der Waals surface area contributed by atoms with E-state index >= 15 is 0 Å². The minimum absolute atomic E-state index is 0.0743. The molecule has 0 saturated carbocycles. The van der Waals surface area contributed by atoms with Gasteiger partial charge in [0.25, 0.3) is 0 Å². The van der Waals surface area contributed by atoms with Gasteiger partial charge >= 0.3 is 0 Å². The summed E-state index contributed by atoms with van der Waals surface area (Å²) < 4.78 is 13.1. The van der Waals surface area contributed by atoms with Gasteiger partial charge < -0.3 is 15.1 Å². The zero-order valence-corrected chi connectivity index (χ0v) is 20.4. The van der Waals surface area contributed by atoms with Crippen LogP contribution in [0.4, 0.5) is 15.8 Å². The molecule has 1 saturated heterocycles. The zero-order chi connectivity index (χ0) is 24.2. The van der Waals surface area contributed by atoms with Gasteiger partial charge in [0.2, 0.25) is 11.8 Å². The molecule has 0 aliphatic carbocycles. The van der Waals surface area contributed by atoms with E-state index in [-0.39, 0.29) is 17.6 Å². The first kappa shape index (κ1) is 25.7. The number of nitrogens with one attached hydrogen (secondary N) is 1. The summed E-state index contributed by atoms with van der Waals surface area (Å²) in [6.07, 6.45) is 9.29. The van der Waals surface area contributed by atoms with E-state index in [0.29, 0.717) is 25.9 Å². The highest BCUT2D eigenvalue weighted by atomic mass is 19.1. The lowest BCUT2D eigenvalue weighted by Crippen LogP contribution is -2.49. The lowest BCUT2D eigenvalue weighted by atomic mass is 10.1. The number of carbonyl (C=O) groups excluding carboxylic acids is 2. The van der Waals surface area contributed by atoms with Crippen LogP contribution in [0.5, 0.6) is 0 Å². The molecule has 2 aromatic carbocycles. The Morgan fingerprint density at radius 1 is 0.824 bits per heavy atom. The minimum Gasteiger partial charge on any atom is -0.368 e. The molecule has 1 heterocycles. The smallest absolute Gasteiger partial charge is 0.227 e. The molecule has 1 aliphatic heterocycles. The third-order valence-corrected chi connectivity index (χ3v) is 6.42. The van der Waals surface area contributed by atoms with Crippen molar-refractivity contribution < 1.29 is 14.0 Å². The highest BCUT2D eigenvalue weighted by molar-refractivity contribution is 5.90. The number of piperazine rings is 1. The maximum absolute atomic E-state index is 13.1. The predicted octanol–water partition coefficient (Wildman–Crippen LogP) is 5.80. The van der Waals surface area contributed by atoms with Crippen LogP contribution in [0.3, 0.4) is 0 Å². The summed E-state index contributed by atoms with van der Waals surface area (Å²) >= 11 is 0. The number of carbonyl (C=O) groups is 2. The summed E-state index contributed by atoms with van der Waals surface area (Å²) in [6, 6.07) is 14.1. The van der Waals surface area contributed by atoms with E-state index in [1.165, 1.54) is 44.2 Å². The van der Waals surface area contributed by atoms with Gasteiger partial charge in [-0.05, 0) is 48.4 Å². The van der Waals surface area contributed by atoms with Crippen LogP contribution in [-0.2, 0) is 16.0 Å². The van der Waals surface area contributed by atoms with Crippen molar-refractivity contribution in [3.8, 4) is 0 Å². The summed E-state index contributed by atoms with van der Waals surface area (Å²) in [6.45, 7) is 5.07. The average Bonchev–Trinajstić information content (AvgIpc) is 2.85. The van der Waals surface area contributed by atoms with Crippen LogP contribution in [0.15, 0.2) is 48.5 Å². The molecule has 1 aliphatic rings. The third-order valence-electron chi connectivity index (χ3n) is 6.42. The van der Waals surface area contributed by atoms with Crippen LogP contribution >= 0.6 is 0 Å². The molecule has 2 amide bonds. The number of amides is 2.